The zero-order chi connectivity index (χ0) is 15.1. The van der Waals surface area contributed by atoms with Crippen molar-refractivity contribution in [1.82, 2.24) is 15.5 Å². The van der Waals surface area contributed by atoms with Crippen LogP contribution in [-0.4, -0.2) is 42.9 Å². The number of halogens is 1. The molecule has 1 unspecified atom stereocenters. The second-order valence-corrected chi connectivity index (χ2v) is 5.43. The van der Waals surface area contributed by atoms with Gasteiger partial charge in [-0.1, -0.05) is 30.3 Å². The van der Waals surface area contributed by atoms with Crippen LogP contribution in [0.15, 0.2) is 30.3 Å². The van der Waals surface area contributed by atoms with Crippen LogP contribution in [0, 0.1) is 0 Å². The molecule has 1 atom stereocenters. The van der Waals surface area contributed by atoms with Crippen LogP contribution in [0.3, 0.4) is 0 Å². The second-order valence-electron chi connectivity index (χ2n) is 5.43. The summed E-state index contributed by atoms with van der Waals surface area (Å²) < 4.78 is 0. The number of nitrogens with one attached hydrogen (secondary N) is 2. The first-order chi connectivity index (χ1) is 10.2. The van der Waals surface area contributed by atoms with E-state index in [0.717, 1.165) is 24.9 Å². The average Bonchev–Trinajstić information content (AvgIpc) is 3.02. The van der Waals surface area contributed by atoms with Crippen LogP contribution in [0.25, 0.3) is 0 Å². The lowest BCUT2D eigenvalue weighted by Gasteiger charge is -2.18. The molecule has 0 saturated carbocycles. The Labute approximate surface area is 137 Å². The highest BCUT2D eigenvalue weighted by Crippen LogP contribution is 2.05. The molecular weight excluding hydrogens is 302 g/mol. The maximum atomic E-state index is 12.0. The minimum absolute atomic E-state index is 0. The fourth-order valence-electron chi connectivity index (χ4n) is 2.46. The van der Waals surface area contributed by atoms with Crippen molar-refractivity contribution in [2.24, 2.45) is 0 Å². The van der Waals surface area contributed by atoms with Crippen molar-refractivity contribution in [3.8, 4) is 0 Å². The average molecular weight is 326 g/mol. The Morgan fingerprint density at radius 3 is 2.68 bits per heavy atom. The number of carbonyl (C=O) groups excluding carboxylic acids is 2. The SMILES string of the molecule is CN(Cc1ccccc1)C(=O)CCNC(=O)C1CCCN1.Cl. The summed E-state index contributed by atoms with van der Waals surface area (Å²) in [7, 11) is 1.79. The van der Waals surface area contributed by atoms with Gasteiger partial charge in [-0.05, 0) is 24.9 Å². The van der Waals surface area contributed by atoms with Crippen LogP contribution >= 0.6 is 12.4 Å². The maximum absolute atomic E-state index is 12.0. The third-order valence-electron chi connectivity index (χ3n) is 3.70. The Bertz CT molecular complexity index is 476. The van der Waals surface area contributed by atoms with E-state index in [0.29, 0.717) is 19.5 Å². The third kappa shape index (κ3) is 5.66. The first-order valence-electron chi connectivity index (χ1n) is 7.46. The topological polar surface area (TPSA) is 61.4 Å². The van der Waals surface area contributed by atoms with Crippen LogP contribution in [-0.2, 0) is 16.1 Å². The minimum atomic E-state index is -0.0813. The number of benzene rings is 1. The summed E-state index contributed by atoms with van der Waals surface area (Å²) in [6, 6.07) is 9.79. The Morgan fingerprint density at radius 1 is 1.32 bits per heavy atom. The monoisotopic (exact) mass is 325 g/mol. The van der Waals surface area contributed by atoms with Gasteiger partial charge in [0.1, 0.15) is 0 Å². The van der Waals surface area contributed by atoms with Crippen molar-refractivity contribution in [3.63, 3.8) is 0 Å². The Hall–Kier alpha value is -1.59. The number of hydrogen-bond acceptors (Lipinski definition) is 3. The van der Waals surface area contributed by atoms with Crippen molar-refractivity contribution in [1.29, 1.82) is 0 Å². The lowest BCUT2D eigenvalue weighted by atomic mass is 10.2. The number of hydrogen-bond donors (Lipinski definition) is 2. The van der Waals surface area contributed by atoms with Gasteiger partial charge in [-0.25, -0.2) is 0 Å². The molecule has 2 N–H and O–H groups in total. The molecule has 1 aromatic rings. The Morgan fingerprint density at radius 2 is 2.05 bits per heavy atom. The second kappa shape index (κ2) is 9.43. The molecule has 122 valence electrons. The molecule has 0 bridgehead atoms. The fraction of sp³-hybridized carbons (Fsp3) is 0.500. The molecular formula is C16H24ClN3O2. The van der Waals surface area contributed by atoms with Gasteiger partial charge in [-0.15, -0.1) is 12.4 Å². The minimum Gasteiger partial charge on any atom is -0.354 e. The smallest absolute Gasteiger partial charge is 0.237 e. The van der Waals surface area contributed by atoms with E-state index in [1.807, 2.05) is 30.3 Å². The molecule has 1 aliphatic rings. The molecule has 1 aromatic carbocycles. The van der Waals surface area contributed by atoms with E-state index >= 15 is 0 Å². The molecule has 6 heteroatoms. The van der Waals surface area contributed by atoms with Crippen LogP contribution in [0.5, 0.6) is 0 Å². The van der Waals surface area contributed by atoms with Crippen LogP contribution in [0.1, 0.15) is 24.8 Å². The zero-order valence-electron chi connectivity index (χ0n) is 12.9. The van der Waals surface area contributed by atoms with Gasteiger partial charge in [0.15, 0.2) is 0 Å². The largest absolute Gasteiger partial charge is 0.354 e. The predicted molar refractivity (Wildman–Crippen MR) is 88.8 cm³/mol. The molecule has 22 heavy (non-hydrogen) atoms. The van der Waals surface area contributed by atoms with E-state index < -0.39 is 0 Å². The summed E-state index contributed by atoms with van der Waals surface area (Å²) in [6.45, 7) is 1.89. The van der Waals surface area contributed by atoms with Gasteiger partial charge in [0.25, 0.3) is 0 Å². The van der Waals surface area contributed by atoms with Gasteiger partial charge in [0.2, 0.25) is 11.8 Å². The lowest BCUT2D eigenvalue weighted by Crippen LogP contribution is -2.41. The molecule has 0 radical (unpaired) electrons. The number of rotatable bonds is 6. The fourth-order valence-corrected chi connectivity index (χ4v) is 2.46. The molecule has 1 saturated heterocycles. The van der Waals surface area contributed by atoms with Gasteiger partial charge in [-0.3, -0.25) is 9.59 Å². The molecule has 0 aliphatic carbocycles. The molecule has 2 amide bonds. The van der Waals surface area contributed by atoms with Crippen molar-refractivity contribution in [2.75, 3.05) is 20.1 Å². The molecule has 1 heterocycles. The maximum Gasteiger partial charge on any atom is 0.237 e. The lowest BCUT2D eigenvalue weighted by molar-refractivity contribution is -0.130. The number of amides is 2. The molecule has 1 fully saturated rings. The zero-order valence-corrected chi connectivity index (χ0v) is 13.7. The number of nitrogens with zero attached hydrogens (tertiary/aromatic N) is 1. The summed E-state index contributed by atoms with van der Waals surface area (Å²) in [5.41, 5.74) is 1.10. The summed E-state index contributed by atoms with van der Waals surface area (Å²) in [4.78, 5) is 25.5. The molecule has 2 rings (SSSR count). The molecule has 1 aliphatic heterocycles. The normalized spacial score (nSPS) is 16.7. The first kappa shape index (κ1) is 18.5. The highest BCUT2D eigenvalue weighted by atomic mass is 35.5. The molecule has 0 aromatic heterocycles. The van der Waals surface area contributed by atoms with Crippen LogP contribution in [0.2, 0.25) is 0 Å². The van der Waals surface area contributed by atoms with Crippen LogP contribution < -0.4 is 10.6 Å². The Balaban J connectivity index is 0.00000242. The van der Waals surface area contributed by atoms with Crippen LogP contribution in [0.4, 0.5) is 0 Å². The first-order valence-corrected chi connectivity index (χ1v) is 7.46. The van der Waals surface area contributed by atoms with E-state index in [9.17, 15) is 9.59 Å². The van der Waals surface area contributed by atoms with Crippen molar-refractivity contribution >= 4 is 24.2 Å². The highest BCUT2D eigenvalue weighted by Gasteiger charge is 2.21. The standard InChI is InChI=1S/C16H23N3O2.ClH/c1-19(12-13-6-3-2-4-7-13)15(20)9-11-18-16(21)14-8-5-10-17-14;/h2-4,6-7,14,17H,5,8-12H2,1H3,(H,18,21);1H. The van der Waals surface area contributed by atoms with Gasteiger partial charge in [0, 0.05) is 26.6 Å². The molecule has 5 nitrogen and oxygen atoms in total. The van der Waals surface area contributed by atoms with Crippen molar-refractivity contribution in [2.45, 2.75) is 31.8 Å². The van der Waals surface area contributed by atoms with E-state index in [4.69, 9.17) is 0 Å². The third-order valence-corrected chi connectivity index (χ3v) is 3.70. The summed E-state index contributed by atoms with van der Waals surface area (Å²) in [5, 5.41) is 5.97. The van der Waals surface area contributed by atoms with Crippen molar-refractivity contribution in [3.05, 3.63) is 35.9 Å². The summed E-state index contributed by atoms with van der Waals surface area (Å²) >= 11 is 0. The predicted octanol–water partition coefficient (Wildman–Crippen LogP) is 1.33. The van der Waals surface area contributed by atoms with E-state index in [1.165, 1.54) is 0 Å². The summed E-state index contributed by atoms with van der Waals surface area (Å²) in [6.07, 6.45) is 2.26. The van der Waals surface area contributed by atoms with E-state index in [2.05, 4.69) is 10.6 Å². The van der Waals surface area contributed by atoms with E-state index in [-0.39, 0.29) is 30.3 Å². The van der Waals surface area contributed by atoms with Gasteiger partial charge < -0.3 is 15.5 Å². The van der Waals surface area contributed by atoms with Gasteiger partial charge in [-0.2, -0.15) is 0 Å². The highest BCUT2D eigenvalue weighted by molar-refractivity contribution is 5.85. The van der Waals surface area contributed by atoms with E-state index in [1.54, 1.807) is 11.9 Å². The van der Waals surface area contributed by atoms with Gasteiger partial charge in [0.05, 0.1) is 6.04 Å². The summed E-state index contributed by atoms with van der Waals surface area (Å²) in [5.74, 6) is 0.0459. The Kier molecular flexibility index (Phi) is 7.91. The quantitative estimate of drug-likeness (QED) is 0.829. The van der Waals surface area contributed by atoms with Gasteiger partial charge >= 0.3 is 0 Å². The number of carbonyl (C=O) groups is 2. The van der Waals surface area contributed by atoms with Crippen molar-refractivity contribution < 1.29 is 9.59 Å². The molecule has 0 spiro atoms.